The fourth-order valence-electron chi connectivity index (χ4n) is 2.90. The summed E-state index contributed by atoms with van der Waals surface area (Å²) in [7, 11) is 3.10. The molecule has 142 valence electrons. The van der Waals surface area contributed by atoms with E-state index in [4.69, 9.17) is 13.9 Å². The molecule has 0 spiro atoms. The number of nitrogens with one attached hydrogen (secondary N) is 1. The second-order valence-corrected chi connectivity index (χ2v) is 6.08. The molecule has 0 unspecified atom stereocenters. The smallest absolute Gasteiger partial charge is 0.274 e. The monoisotopic (exact) mass is 378 g/mol. The number of ether oxygens (including phenoxy) is 2. The second kappa shape index (κ2) is 7.07. The predicted molar refractivity (Wildman–Crippen MR) is 103 cm³/mol. The summed E-state index contributed by atoms with van der Waals surface area (Å²) >= 11 is 0. The molecule has 0 saturated carbocycles. The van der Waals surface area contributed by atoms with Gasteiger partial charge in [0.25, 0.3) is 5.91 Å². The number of fused-ring (bicyclic) bond motifs is 1. The van der Waals surface area contributed by atoms with Gasteiger partial charge in [-0.15, -0.1) is 0 Å². The van der Waals surface area contributed by atoms with Gasteiger partial charge in [-0.2, -0.15) is 5.10 Å². The van der Waals surface area contributed by atoms with Crippen LogP contribution in [0.4, 0.5) is 5.69 Å². The van der Waals surface area contributed by atoms with Crippen molar-refractivity contribution in [1.29, 1.82) is 0 Å². The molecule has 8 heteroatoms. The summed E-state index contributed by atoms with van der Waals surface area (Å²) in [5, 5.41) is 7.30. The van der Waals surface area contributed by atoms with E-state index >= 15 is 0 Å². The van der Waals surface area contributed by atoms with Crippen LogP contribution in [-0.2, 0) is 0 Å². The Morgan fingerprint density at radius 2 is 1.93 bits per heavy atom. The lowest BCUT2D eigenvalue weighted by molar-refractivity contribution is 0.102. The molecule has 0 saturated heterocycles. The van der Waals surface area contributed by atoms with E-state index in [0.29, 0.717) is 34.3 Å². The first-order chi connectivity index (χ1) is 13.6. The van der Waals surface area contributed by atoms with Crippen LogP contribution in [0.3, 0.4) is 0 Å². The number of carbonyl (C=O) groups excluding carboxylic acids is 1. The van der Waals surface area contributed by atoms with Crippen molar-refractivity contribution in [3.63, 3.8) is 0 Å². The first kappa shape index (κ1) is 17.6. The van der Waals surface area contributed by atoms with E-state index in [1.54, 1.807) is 61.4 Å². The highest BCUT2D eigenvalue weighted by atomic mass is 16.5. The van der Waals surface area contributed by atoms with Gasteiger partial charge in [0, 0.05) is 23.5 Å². The number of nitrogens with zero attached hydrogens (tertiary/aromatic N) is 3. The number of aromatic nitrogens is 3. The molecule has 1 aromatic carbocycles. The molecule has 0 aliphatic rings. The Morgan fingerprint density at radius 1 is 1.11 bits per heavy atom. The van der Waals surface area contributed by atoms with Gasteiger partial charge in [-0.1, -0.05) is 0 Å². The van der Waals surface area contributed by atoms with Crippen LogP contribution in [0.1, 0.15) is 16.2 Å². The summed E-state index contributed by atoms with van der Waals surface area (Å²) in [6.45, 7) is 1.86. The number of benzene rings is 1. The minimum atomic E-state index is -0.335. The normalized spacial score (nSPS) is 10.8. The minimum Gasteiger partial charge on any atom is -0.493 e. The van der Waals surface area contributed by atoms with E-state index in [2.05, 4.69) is 15.4 Å². The Balaban J connectivity index is 1.64. The van der Waals surface area contributed by atoms with Crippen molar-refractivity contribution in [3.05, 3.63) is 60.1 Å². The zero-order chi connectivity index (χ0) is 19.7. The molecule has 4 rings (SSSR count). The predicted octanol–water partition coefficient (Wildman–Crippen LogP) is 3.57. The van der Waals surface area contributed by atoms with Crippen LogP contribution in [0.15, 0.2) is 53.1 Å². The fraction of sp³-hybridized carbons (Fsp3) is 0.150. The van der Waals surface area contributed by atoms with E-state index in [-0.39, 0.29) is 11.6 Å². The molecule has 0 radical (unpaired) electrons. The van der Waals surface area contributed by atoms with Crippen molar-refractivity contribution in [2.24, 2.45) is 0 Å². The molecule has 1 N–H and O–H groups in total. The van der Waals surface area contributed by atoms with E-state index in [1.807, 2.05) is 13.0 Å². The second-order valence-electron chi connectivity index (χ2n) is 6.08. The quantitative estimate of drug-likeness (QED) is 0.571. The number of carbonyl (C=O) groups is 1. The summed E-state index contributed by atoms with van der Waals surface area (Å²) in [6, 6.07) is 12.2. The first-order valence-corrected chi connectivity index (χ1v) is 8.53. The lowest BCUT2D eigenvalue weighted by Crippen LogP contribution is -2.15. The molecular weight excluding hydrogens is 360 g/mol. The molecule has 0 aliphatic carbocycles. The third-order valence-corrected chi connectivity index (χ3v) is 4.25. The van der Waals surface area contributed by atoms with Gasteiger partial charge in [0.05, 0.1) is 20.5 Å². The standard InChI is InChI=1S/C20H18N4O4/c1-12-9-15(20(25)21-13-6-7-17(26-2)18(10-13)27-3)22-19-11-14(23-24(12)19)16-5-4-8-28-16/h4-11H,1-3H3,(H,21,25). The highest BCUT2D eigenvalue weighted by Crippen LogP contribution is 2.30. The van der Waals surface area contributed by atoms with Crippen LogP contribution in [0.5, 0.6) is 11.5 Å². The molecule has 0 bridgehead atoms. The summed E-state index contributed by atoms with van der Waals surface area (Å²) in [5.41, 5.74) is 2.85. The number of furan rings is 1. The molecule has 3 heterocycles. The maximum atomic E-state index is 12.7. The summed E-state index contributed by atoms with van der Waals surface area (Å²) < 4.78 is 17.5. The van der Waals surface area contributed by atoms with Gasteiger partial charge in [0.1, 0.15) is 11.4 Å². The van der Waals surface area contributed by atoms with Gasteiger partial charge in [0.2, 0.25) is 0 Å². The molecule has 0 fully saturated rings. The summed E-state index contributed by atoms with van der Waals surface area (Å²) in [5.74, 6) is 1.42. The number of methoxy groups -OCH3 is 2. The van der Waals surface area contributed by atoms with Crippen LogP contribution in [0.25, 0.3) is 17.1 Å². The average Bonchev–Trinajstić information content (AvgIpc) is 3.37. The maximum Gasteiger partial charge on any atom is 0.274 e. The lowest BCUT2D eigenvalue weighted by atomic mass is 10.2. The third kappa shape index (κ3) is 3.16. The zero-order valence-electron chi connectivity index (χ0n) is 15.6. The van der Waals surface area contributed by atoms with Crippen molar-refractivity contribution in [2.45, 2.75) is 6.92 Å². The zero-order valence-corrected chi connectivity index (χ0v) is 15.6. The molecule has 8 nitrogen and oxygen atoms in total. The number of amides is 1. The van der Waals surface area contributed by atoms with E-state index in [1.165, 1.54) is 0 Å². The molecule has 3 aromatic heterocycles. The highest BCUT2D eigenvalue weighted by molar-refractivity contribution is 6.03. The van der Waals surface area contributed by atoms with Gasteiger partial charge < -0.3 is 19.2 Å². The maximum absolute atomic E-state index is 12.7. The van der Waals surface area contributed by atoms with Gasteiger partial charge >= 0.3 is 0 Å². The van der Waals surface area contributed by atoms with Crippen molar-refractivity contribution in [1.82, 2.24) is 14.6 Å². The molecule has 4 aromatic rings. The van der Waals surface area contributed by atoms with Crippen LogP contribution in [0, 0.1) is 6.92 Å². The van der Waals surface area contributed by atoms with E-state index in [0.717, 1.165) is 5.69 Å². The number of hydrogen-bond donors (Lipinski definition) is 1. The van der Waals surface area contributed by atoms with Crippen molar-refractivity contribution in [2.75, 3.05) is 19.5 Å². The highest BCUT2D eigenvalue weighted by Gasteiger charge is 2.15. The Kier molecular flexibility index (Phi) is 4.44. The molecule has 0 atom stereocenters. The Morgan fingerprint density at radius 3 is 2.64 bits per heavy atom. The summed E-state index contributed by atoms with van der Waals surface area (Å²) in [6.07, 6.45) is 1.58. The van der Waals surface area contributed by atoms with Crippen LogP contribution in [0.2, 0.25) is 0 Å². The van der Waals surface area contributed by atoms with Gasteiger partial charge in [-0.3, -0.25) is 4.79 Å². The van der Waals surface area contributed by atoms with Crippen molar-refractivity contribution >= 4 is 17.2 Å². The average molecular weight is 378 g/mol. The van der Waals surface area contributed by atoms with Crippen molar-refractivity contribution in [3.8, 4) is 23.0 Å². The summed E-state index contributed by atoms with van der Waals surface area (Å²) in [4.78, 5) is 17.1. The van der Waals surface area contributed by atoms with E-state index < -0.39 is 0 Å². The van der Waals surface area contributed by atoms with Gasteiger partial charge in [0.15, 0.2) is 22.9 Å². The largest absolute Gasteiger partial charge is 0.493 e. The molecule has 0 aliphatic heterocycles. The van der Waals surface area contributed by atoms with E-state index in [9.17, 15) is 4.79 Å². The number of rotatable bonds is 5. The number of anilines is 1. The minimum absolute atomic E-state index is 0.283. The molecular formula is C20H18N4O4. The molecule has 1 amide bonds. The van der Waals surface area contributed by atoms with Gasteiger partial charge in [-0.05, 0) is 37.3 Å². The van der Waals surface area contributed by atoms with Crippen LogP contribution in [-0.4, -0.2) is 34.7 Å². The Bertz CT molecular complexity index is 1150. The van der Waals surface area contributed by atoms with Gasteiger partial charge in [-0.25, -0.2) is 9.50 Å². The lowest BCUT2D eigenvalue weighted by Gasteiger charge is -2.10. The first-order valence-electron chi connectivity index (χ1n) is 8.53. The number of hydrogen-bond acceptors (Lipinski definition) is 6. The molecule has 28 heavy (non-hydrogen) atoms. The van der Waals surface area contributed by atoms with Crippen LogP contribution < -0.4 is 14.8 Å². The Hall–Kier alpha value is -3.81. The van der Waals surface area contributed by atoms with Crippen molar-refractivity contribution < 1.29 is 18.7 Å². The Labute approximate surface area is 160 Å². The fourth-order valence-corrected chi connectivity index (χ4v) is 2.90. The third-order valence-electron chi connectivity index (χ3n) is 4.25. The van der Waals surface area contributed by atoms with Crippen LogP contribution >= 0.6 is 0 Å². The number of aryl methyl sites for hydroxylation is 1. The topological polar surface area (TPSA) is 90.9 Å². The SMILES string of the molecule is COc1ccc(NC(=O)c2cc(C)n3nc(-c4ccco4)cc3n2)cc1OC.